The average Bonchev–Trinajstić information content (AvgIpc) is 2.79. The Morgan fingerprint density at radius 2 is 2.10 bits per heavy atom. The van der Waals surface area contributed by atoms with Gasteiger partial charge in [0, 0.05) is 16.5 Å². The third-order valence-electron chi connectivity index (χ3n) is 2.81. The van der Waals surface area contributed by atoms with Crippen LogP contribution in [-0.2, 0) is 4.74 Å². The van der Waals surface area contributed by atoms with Crippen LogP contribution in [0.3, 0.4) is 0 Å². The van der Waals surface area contributed by atoms with Gasteiger partial charge in [-0.1, -0.05) is 0 Å². The van der Waals surface area contributed by atoms with E-state index in [0.29, 0.717) is 16.1 Å². The third-order valence-corrected chi connectivity index (χ3v) is 3.99. The van der Waals surface area contributed by atoms with E-state index >= 15 is 0 Å². The van der Waals surface area contributed by atoms with Crippen LogP contribution in [0.2, 0.25) is 0 Å². The van der Waals surface area contributed by atoms with Gasteiger partial charge in [-0.3, -0.25) is 10.1 Å². The smallest absolute Gasteiger partial charge is 0.350 e. The molecule has 7 heteroatoms. The van der Waals surface area contributed by atoms with Gasteiger partial charge in [-0.15, -0.1) is 11.3 Å². The third kappa shape index (κ3) is 2.48. The number of nitro groups is 1. The van der Waals surface area contributed by atoms with Gasteiger partial charge in [0.05, 0.1) is 17.7 Å². The van der Waals surface area contributed by atoms with Gasteiger partial charge in [0.15, 0.2) is 0 Å². The number of nitrogen functional groups attached to an aromatic ring is 1. The number of ether oxygens (including phenoxy) is 1. The van der Waals surface area contributed by atoms with Crippen LogP contribution in [0.15, 0.2) is 24.3 Å². The van der Waals surface area contributed by atoms with Crippen molar-refractivity contribution in [2.45, 2.75) is 6.92 Å². The molecule has 1 aromatic carbocycles. The predicted molar refractivity (Wildman–Crippen MR) is 76.9 cm³/mol. The first kappa shape index (κ1) is 14.0. The number of esters is 1. The Balaban J connectivity index is 2.45. The van der Waals surface area contributed by atoms with E-state index < -0.39 is 10.9 Å². The molecule has 0 amide bonds. The van der Waals surface area contributed by atoms with Gasteiger partial charge in [-0.05, 0) is 30.7 Å². The Bertz CT molecular complexity index is 694. The number of nitrogens with two attached hydrogens (primary N) is 1. The summed E-state index contributed by atoms with van der Waals surface area (Å²) >= 11 is 1.20. The number of carbonyl (C=O) groups is 1. The number of nitrogens with zero attached hydrogens (tertiary/aromatic N) is 1. The van der Waals surface area contributed by atoms with Gasteiger partial charge in [0.25, 0.3) is 5.69 Å². The number of hydrogen-bond acceptors (Lipinski definition) is 6. The van der Waals surface area contributed by atoms with Gasteiger partial charge >= 0.3 is 5.97 Å². The number of methoxy groups -OCH3 is 1. The highest BCUT2D eigenvalue weighted by molar-refractivity contribution is 7.18. The Hall–Kier alpha value is -2.41. The van der Waals surface area contributed by atoms with Gasteiger partial charge in [0.1, 0.15) is 4.88 Å². The quantitative estimate of drug-likeness (QED) is 0.533. The highest BCUT2D eigenvalue weighted by Gasteiger charge is 2.17. The summed E-state index contributed by atoms with van der Waals surface area (Å²) in [6.45, 7) is 1.67. The number of anilines is 1. The molecule has 0 fully saturated rings. The zero-order valence-corrected chi connectivity index (χ0v) is 11.7. The van der Waals surface area contributed by atoms with Gasteiger partial charge in [-0.2, -0.15) is 0 Å². The van der Waals surface area contributed by atoms with Crippen LogP contribution in [-0.4, -0.2) is 18.0 Å². The summed E-state index contributed by atoms with van der Waals surface area (Å²) in [5.74, 6) is -0.489. The number of nitro benzene ring substituents is 1. The summed E-state index contributed by atoms with van der Waals surface area (Å²) in [4.78, 5) is 23.0. The molecule has 0 spiro atoms. The summed E-state index contributed by atoms with van der Waals surface area (Å²) in [6.07, 6.45) is 0. The minimum absolute atomic E-state index is 0.0615. The first-order chi connectivity index (χ1) is 9.43. The summed E-state index contributed by atoms with van der Waals surface area (Å²) < 4.78 is 4.64. The van der Waals surface area contributed by atoms with Crippen LogP contribution >= 0.6 is 11.3 Å². The number of rotatable bonds is 3. The molecule has 0 saturated heterocycles. The van der Waals surface area contributed by atoms with E-state index in [1.807, 2.05) is 0 Å². The van der Waals surface area contributed by atoms with Crippen molar-refractivity contribution in [1.82, 2.24) is 0 Å². The number of carbonyl (C=O) groups excluding carboxylic acids is 1. The number of thiophene rings is 1. The number of benzene rings is 1. The molecule has 1 heterocycles. The Kier molecular flexibility index (Phi) is 3.71. The van der Waals surface area contributed by atoms with Crippen LogP contribution < -0.4 is 5.73 Å². The van der Waals surface area contributed by atoms with Crippen molar-refractivity contribution in [2.75, 3.05) is 12.8 Å². The maximum absolute atomic E-state index is 11.5. The SMILES string of the molecule is COC(=O)c1sc(-c2ccc([N+](=O)[O-])c(C)c2)cc1N. The molecule has 0 saturated carbocycles. The van der Waals surface area contributed by atoms with Crippen molar-refractivity contribution in [3.8, 4) is 10.4 Å². The zero-order chi connectivity index (χ0) is 14.9. The van der Waals surface area contributed by atoms with Crippen molar-refractivity contribution >= 4 is 28.7 Å². The topological polar surface area (TPSA) is 95.5 Å². The fourth-order valence-corrected chi connectivity index (χ4v) is 2.81. The van der Waals surface area contributed by atoms with Crippen molar-refractivity contribution in [3.05, 3.63) is 44.8 Å². The molecule has 20 heavy (non-hydrogen) atoms. The second kappa shape index (κ2) is 5.30. The standard InChI is InChI=1S/C13H12N2O4S/c1-7-5-8(3-4-10(7)15(17)18)11-6-9(14)12(20-11)13(16)19-2/h3-6H,14H2,1-2H3. The van der Waals surface area contributed by atoms with Crippen molar-refractivity contribution in [2.24, 2.45) is 0 Å². The summed E-state index contributed by atoms with van der Waals surface area (Å²) in [5, 5.41) is 10.8. The van der Waals surface area contributed by atoms with Crippen LogP contribution in [0.5, 0.6) is 0 Å². The van der Waals surface area contributed by atoms with E-state index in [1.165, 1.54) is 24.5 Å². The fourth-order valence-electron chi connectivity index (χ4n) is 1.81. The van der Waals surface area contributed by atoms with Crippen LogP contribution in [0, 0.1) is 17.0 Å². The molecule has 2 N–H and O–H groups in total. The molecular formula is C13H12N2O4S. The summed E-state index contributed by atoms with van der Waals surface area (Å²) in [5.41, 5.74) is 7.51. The van der Waals surface area contributed by atoms with E-state index in [9.17, 15) is 14.9 Å². The van der Waals surface area contributed by atoms with Gasteiger partial charge in [-0.25, -0.2) is 4.79 Å². The molecule has 0 unspecified atom stereocenters. The molecule has 0 atom stereocenters. The molecule has 2 aromatic rings. The van der Waals surface area contributed by atoms with Crippen LogP contribution in [0.25, 0.3) is 10.4 Å². The molecule has 0 aliphatic rings. The van der Waals surface area contributed by atoms with Crippen LogP contribution in [0.4, 0.5) is 11.4 Å². The highest BCUT2D eigenvalue weighted by atomic mass is 32.1. The first-order valence-electron chi connectivity index (χ1n) is 5.67. The minimum atomic E-state index is -0.489. The molecule has 0 aliphatic carbocycles. The first-order valence-corrected chi connectivity index (χ1v) is 6.48. The molecule has 0 bridgehead atoms. The molecule has 6 nitrogen and oxygen atoms in total. The lowest BCUT2D eigenvalue weighted by atomic mass is 10.1. The fraction of sp³-hybridized carbons (Fsp3) is 0.154. The molecule has 2 rings (SSSR count). The second-order valence-electron chi connectivity index (χ2n) is 4.15. The lowest BCUT2D eigenvalue weighted by Gasteiger charge is -2.00. The maximum atomic E-state index is 11.5. The largest absolute Gasteiger partial charge is 0.465 e. The van der Waals surface area contributed by atoms with Crippen LogP contribution in [0.1, 0.15) is 15.2 Å². The predicted octanol–water partition coefficient (Wildman–Crippen LogP) is 3.00. The van der Waals surface area contributed by atoms with E-state index in [4.69, 9.17) is 5.73 Å². The van der Waals surface area contributed by atoms with E-state index in [2.05, 4.69) is 4.74 Å². The van der Waals surface area contributed by atoms with Crippen molar-refractivity contribution < 1.29 is 14.5 Å². The summed E-state index contributed by atoms with van der Waals surface area (Å²) in [6, 6.07) is 6.44. The highest BCUT2D eigenvalue weighted by Crippen LogP contribution is 2.35. The second-order valence-corrected chi connectivity index (χ2v) is 5.20. The van der Waals surface area contributed by atoms with Gasteiger partial charge < -0.3 is 10.5 Å². The minimum Gasteiger partial charge on any atom is -0.465 e. The van der Waals surface area contributed by atoms with E-state index in [0.717, 1.165) is 10.4 Å². The zero-order valence-electron chi connectivity index (χ0n) is 10.9. The summed E-state index contributed by atoms with van der Waals surface area (Å²) in [7, 11) is 1.29. The molecule has 0 radical (unpaired) electrons. The molecule has 104 valence electrons. The van der Waals surface area contributed by atoms with Crippen molar-refractivity contribution in [3.63, 3.8) is 0 Å². The number of aryl methyl sites for hydroxylation is 1. The molecule has 1 aromatic heterocycles. The van der Waals surface area contributed by atoms with Gasteiger partial charge in [0.2, 0.25) is 0 Å². The monoisotopic (exact) mass is 292 g/mol. The Morgan fingerprint density at radius 3 is 2.65 bits per heavy atom. The molecule has 0 aliphatic heterocycles. The van der Waals surface area contributed by atoms with Crippen molar-refractivity contribution in [1.29, 1.82) is 0 Å². The lowest BCUT2D eigenvalue weighted by molar-refractivity contribution is -0.385. The molecular weight excluding hydrogens is 280 g/mol. The van der Waals surface area contributed by atoms with E-state index in [-0.39, 0.29) is 5.69 Å². The average molecular weight is 292 g/mol. The lowest BCUT2D eigenvalue weighted by Crippen LogP contribution is -2.00. The maximum Gasteiger partial charge on any atom is 0.350 e. The Morgan fingerprint density at radius 1 is 1.40 bits per heavy atom. The number of hydrogen-bond donors (Lipinski definition) is 1. The Labute approximate surface area is 118 Å². The normalized spacial score (nSPS) is 10.3. The van der Waals surface area contributed by atoms with E-state index in [1.54, 1.807) is 25.1 Å².